The Morgan fingerprint density at radius 3 is 2.22 bits per heavy atom. The number of carbonyl (C=O) groups is 1. The van der Waals surface area contributed by atoms with Gasteiger partial charge in [0.2, 0.25) is 15.9 Å². The smallest absolute Gasteiger partial charge is 0.244 e. The summed E-state index contributed by atoms with van der Waals surface area (Å²) in [6.07, 6.45) is 2.44. The molecule has 0 saturated carbocycles. The van der Waals surface area contributed by atoms with Crippen molar-refractivity contribution in [3.05, 3.63) is 52.5 Å². The van der Waals surface area contributed by atoms with Crippen LogP contribution in [-0.2, 0) is 14.8 Å². The van der Waals surface area contributed by atoms with Crippen LogP contribution in [0.25, 0.3) is 0 Å². The Kier molecular flexibility index (Phi) is 7.27. The predicted molar refractivity (Wildman–Crippen MR) is 128 cm³/mol. The first-order valence-electron chi connectivity index (χ1n) is 10.7. The van der Waals surface area contributed by atoms with Crippen molar-refractivity contribution in [2.24, 2.45) is 0 Å². The van der Waals surface area contributed by atoms with Crippen LogP contribution in [0.1, 0.15) is 12.8 Å². The molecule has 2 fully saturated rings. The molecule has 32 heavy (non-hydrogen) atoms. The van der Waals surface area contributed by atoms with E-state index in [1.165, 1.54) is 28.9 Å². The van der Waals surface area contributed by atoms with Crippen LogP contribution >= 0.6 is 23.2 Å². The summed E-state index contributed by atoms with van der Waals surface area (Å²) in [6.45, 7) is 3.84. The van der Waals surface area contributed by atoms with Gasteiger partial charge in [0.15, 0.2) is 0 Å². The standard InChI is InChI=1S/C22H26Cl2N4O3S/c23-19-4-3-5-20(22(19)24)32(30,31)28-14-12-26(13-15-28)16-21(29)25-17-6-8-18(9-7-17)27-10-1-2-11-27/h3-9H,1-2,10-16H2,(H,25,29). The number of hydrogen-bond donors (Lipinski definition) is 1. The Morgan fingerprint density at radius 1 is 0.906 bits per heavy atom. The number of amides is 1. The van der Waals surface area contributed by atoms with E-state index < -0.39 is 10.0 Å². The van der Waals surface area contributed by atoms with E-state index in [2.05, 4.69) is 10.2 Å². The van der Waals surface area contributed by atoms with Gasteiger partial charge < -0.3 is 10.2 Å². The fourth-order valence-corrected chi connectivity index (χ4v) is 6.24. The first kappa shape index (κ1) is 23.3. The average Bonchev–Trinajstić information content (AvgIpc) is 3.31. The fraction of sp³-hybridized carbons (Fsp3) is 0.409. The van der Waals surface area contributed by atoms with E-state index in [1.54, 1.807) is 12.1 Å². The normalized spacial score (nSPS) is 18.1. The molecule has 2 aromatic rings. The summed E-state index contributed by atoms with van der Waals surface area (Å²) < 4.78 is 27.3. The molecule has 1 N–H and O–H groups in total. The molecule has 0 radical (unpaired) electrons. The molecule has 172 valence electrons. The van der Waals surface area contributed by atoms with Crippen molar-refractivity contribution in [3.8, 4) is 0 Å². The third-order valence-electron chi connectivity index (χ3n) is 5.85. The topological polar surface area (TPSA) is 73.0 Å². The monoisotopic (exact) mass is 496 g/mol. The number of anilines is 2. The zero-order chi connectivity index (χ0) is 22.7. The molecular formula is C22H26Cl2N4O3S. The number of carbonyl (C=O) groups excluding carboxylic acids is 1. The summed E-state index contributed by atoms with van der Waals surface area (Å²) in [4.78, 5) is 16.8. The molecule has 7 nitrogen and oxygen atoms in total. The van der Waals surface area contributed by atoms with Gasteiger partial charge in [0.1, 0.15) is 4.90 Å². The van der Waals surface area contributed by atoms with Gasteiger partial charge in [-0.1, -0.05) is 29.3 Å². The van der Waals surface area contributed by atoms with Crippen molar-refractivity contribution >= 4 is 50.5 Å². The number of rotatable bonds is 6. The van der Waals surface area contributed by atoms with Gasteiger partial charge in [-0.3, -0.25) is 9.69 Å². The highest BCUT2D eigenvalue weighted by Crippen LogP contribution is 2.31. The van der Waals surface area contributed by atoms with Crippen molar-refractivity contribution in [1.29, 1.82) is 0 Å². The highest BCUT2D eigenvalue weighted by Gasteiger charge is 2.31. The molecule has 0 unspecified atom stereocenters. The summed E-state index contributed by atoms with van der Waals surface area (Å²) in [7, 11) is -3.74. The molecule has 0 bridgehead atoms. The van der Waals surface area contributed by atoms with Crippen LogP contribution in [0.2, 0.25) is 10.0 Å². The van der Waals surface area contributed by atoms with Crippen molar-refractivity contribution in [2.45, 2.75) is 17.7 Å². The number of piperazine rings is 1. The Morgan fingerprint density at radius 2 is 1.56 bits per heavy atom. The zero-order valence-corrected chi connectivity index (χ0v) is 20.0. The fourth-order valence-electron chi connectivity index (χ4n) is 4.08. The largest absolute Gasteiger partial charge is 0.372 e. The van der Waals surface area contributed by atoms with Crippen molar-refractivity contribution < 1.29 is 13.2 Å². The van der Waals surface area contributed by atoms with Crippen molar-refractivity contribution in [3.63, 3.8) is 0 Å². The molecule has 2 aromatic carbocycles. The highest BCUT2D eigenvalue weighted by molar-refractivity contribution is 7.89. The van der Waals surface area contributed by atoms with Crippen LogP contribution in [0, 0.1) is 0 Å². The van der Waals surface area contributed by atoms with Gasteiger partial charge >= 0.3 is 0 Å². The molecule has 2 aliphatic heterocycles. The Labute approximate surface area is 198 Å². The van der Waals surface area contributed by atoms with Crippen molar-refractivity contribution in [2.75, 3.05) is 56.0 Å². The number of nitrogens with one attached hydrogen (secondary N) is 1. The molecule has 2 aliphatic rings. The molecular weight excluding hydrogens is 471 g/mol. The lowest BCUT2D eigenvalue weighted by molar-refractivity contribution is -0.117. The predicted octanol–water partition coefficient (Wildman–Crippen LogP) is 3.54. The van der Waals surface area contributed by atoms with Crippen LogP contribution in [0.4, 0.5) is 11.4 Å². The molecule has 4 rings (SSSR count). The third-order valence-corrected chi connectivity index (χ3v) is 8.73. The molecule has 10 heteroatoms. The van der Waals surface area contributed by atoms with Gasteiger partial charge in [-0.25, -0.2) is 8.42 Å². The minimum Gasteiger partial charge on any atom is -0.372 e. The molecule has 2 saturated heterocycles. The second-order valence-corrected chi connectivity index (χ2v) is 10.7. The number of sulfonamides is 1. The van der Waals surface area contributed by atoms with E-state index in [0.29, 0.717) is 13.1 Å². The number of nitrogens with zero attached hydrogens (tertiary/aromatic N) is 3. The maximum atomic E-state index is 12.9. The maximum Gasteiger partial charge on any atom is 0.244 e. The van der Waals surface area contributed by atoms with Gasteiger partial charge in [-0.15, -0.1) is 0 Å². The second-order valence-electron chi connectivity index (χ2n) is 8.02. The molecule has 2 heterocycles. The van der Waals surface area contributed by atoms with Crippen LogP contribution in [0.3, 0.4) is 0 Å². The lowest BCUT2D eigenvalue weighted by Gasteiger charge is -2.33. The number of hydrogen-bond acceptors (Lipinski definition) is 5. The van der Waals surface area contributed by atoms with Gasteiger partial charge in [-0.2, -0.15) is 4.31 Å². The summed E-state index contributed by atoms with van der Waals surface area (Å²) >= 11 is 12.1. The van der Waals surface area contributed by atoms with E-state index in [4.69, 9.17) is 23.2 Å². The van der Waals surface area contributed by atoms with Gasteiger partial charge in [0.05, 0.1) is 16.6 Å². The van der Waals surface area contributed by atoms with E-state index in [1.807, 2.05) is 29.2 Å². The van der Waals surface area contributed by atoms with Gasteiger partial charge in [0.25, 0.3) is 0 Å². The Hall–Kier alpha value is -1.84. The molecule has 1 amide bonds. The minimum atomic E-state index is -3.74. The number of halogens is 2. The third kappa shape index (κ3) is 5.21. The van der Waals surface area contributed by atoms with Crippen molar-refractivity contribution in [1.82, 2.24) is 9.21 Å². The maximum absolute atomic E-state index is 12.9. The van der Waals surface area contributed by atoms with E-state index in [-0.39, 0.29) is 40.5 Å². The first-order chi connectivity index (χ1) is 15.3. The Bertz CT molecular complexity index is 1070. The van der Waals surface area contributed by atoms with E-state index >= 15 is 0 Å². The molecule has 0 spiro atoms. The lowest BCUT2D eigenvalue weighted by atomic mass is 10.2. The van der Waals surface area contributed by atoms with E-state index in [0.717, 1.165) is 18.8 Å². The summed E-state index contributed by atoms with van der Waals surface area (Å²) in [5.74, 6) is -0.117. The van der Waals surface area contributed by atoms with Crippen LogP contribution in [-0.4, -0.2) is 69.3 Å². The average molecular weight is 497 g/mol. The molecule has 0 aliphatic carbocycles. The number of benzene rings is 2. The SMILES string of the molecule is O=C(CN1CCN(S(=O)(=O)c2cccc(Cl)c2Cl)CC1)Nc1ccc(N2CCCC2)cc1. The molecule has 0 aromatic heterocycles. The second kappa shape index (κ2) is 9.97. The Balaban J connectivity index is 1.29. The minimum absolute atomic E-state index is 0.00948. The summed E-state index contributed by atoms with van der Waals surface area (Å²) in [5, 5.41) is 3.16. The summed E-state index contributed by atoms with van der Waals surface area (Å²) in [5.41, 5.74) is 1.94. The van der Waals surface area contributed by atoms with Gasteiger partial charge in [0, 0.05) is 50.6 Å². The van der Waals surface area contributed by atoms with Gasteiger partial charge in [-0.05, 0) is 49.2 Å². The van der Waals surface area contributed by atoms with Crippen LogP contribution in [0.15, 0.2) is 47.4 Å². The summed E-state index contributed by atoms with van der Waals surface area (Å²) in [6, 6.07) is 12.5. The zero-order valence-electron chi connectivity index (χ0n) is 17.6. The lowest BCUT2D eigenvalue weighted by Crippen LogP contribution is -2.50. The highest BCUT2D eigenvalue weighted by atomic mass is 35.5. The van der Waals surface area contributed by atoms with Crippen LogP contribution < -0.4 is 10.2 Å². The first-order valence-corrected chi connectivity index (χ1v) is 12.9. The van der Waals surface area contributed by atoms with E-state index in [9.17, 15) is 13.2 Å². The molecule has 0 atom stereocenters. The van der Waals surface area contributed by atoms with Crippen LogP contribution in [0.5, 0.6) is 0 Å². The quantitative estimate of drug-likeness (QED) is 0.661.